The average Bonchev–Trinajstić information content (AvgIpc) is 2.46. The normalized spacial score (nSPS) is 12.8. The zero-order valence-corrected chi connectivity index (χ0v) is 15.9. The lowest BCUT2D eigenvalue weighted by molar-refractivity contribution is -0.100. The summed E-state index contributed by atoms with van der Waals surface area (Å²) >= 11 is 0. The van der Waals surface area contributed by atoms with E-state index in [0.717, 1.165) is 0 Å². The van der Waals surface area contributed by atoms with E-state index in [-0.39, 0.29) is 23.5 Å². The lowest BCUT2D eigenvalue weighted by atomic mass is 9.82. The number of hydrogen-bond acceptors (Lipinski definition) is 6. The Morgan fingerprint density at radius 2 is 0.870 bits per heavy atom. The van der Waals surface area contributed by atoms with Crippen molar-refractivity contribution in [1.82, 2.24) is 0 Å². The number of rotatable bonds is 14. The Kier molecular flexibility index (Phi) is 13.0. The van der Waals surface area contributed by atoms with Gasteiger partial charge < -0.3 is 28.4 Å². The molecule has 140 valence electrons. The molecule has 0 saturated carbocycles. The molecule has 0 aliphatic heterocycles. The highest BCUT2D eigenvalue weighted by molar-refractivity contribution is 4.75. The van der Waals surface area contributed by atoms with Gasteiger partial charge in [-0.1, -0.05) is 20.8 Å². The number of methoxy groups -OCH3 is 4. The van der Waals surface area contributed by atoms with E-state index in [4.69, 9.17) is 28.4 Å². The first-order valence-corrected chi connectivity index (χ1v) is 8.07. The molecule has 0 radical (unpaired) electrons. The van der Waals surface area contributed by atoms with Crippen molar-refractivity contribution in [2.24, 2.45) is 11.3 Å². The van der Waals surface area contributed by atoms with Crippen LogP contribution in [-0.2, 0) is 28.4 Å². The molecule has 0 amide bonds. The molecule has 0 fully saturated rings. The molecule has 6 heteroatoms. The Labute approximate surface area is 141 Å². The minimum absolute atomic E-state index is 0.0649. The molecule has 0 atom stereocenters. The van der Waals surface area contributed by atoms with E-state index in [9.17, 15) is 0 Å². The van der Waals surface area contributed by atoms with Crippen LogP contribution in [0.3, 0.4) is 0 Å². The summed E-state index contributed by atoms with van der Waals surface area (Å²) in [6.07, 6.45) is -0.132. The summed E-state index contributed by atoms with van der Waals surface area (Å²) < 4.78 is 32.6. The van der Waals surface area contributed by atoms with E-state index in [1.54, 1.807) is 28.4 Å². The van der Waals surface area contributed by atoms with Crippen LogP contribution in [0.25, 0.3) is 0 Å². The second-order valence-electron chi connectivity index (χ2n) is 6.79. The summed E-state index contributed by atoms with van der Waals surface area (Å²) in [5.41, 5.74) is 0.0649. The fourth-order valence-corrected chi connectivity index (χ4v) is 2.08. The van der Waals surface area contributed by atoms with Crippen molar-refractivity contribution in [3.8, 4) is 0 Å². The van der Waals surface area contributed by atoms with Gasteiger partial charge in [-0.05, 0) is 5.41 Å². The summed E-state index contributed by atoms with van der Waals surface area (Å²) in [6.45, 7) is 9.81. The smallest absolute Gasteiger partial charge is 0.104 e. The molecule has 0 spiro atoms. The second-order valence-corrected chi connectivity index (χ2v) is 6.79. The van der Waals surface area contributed by atoms with Crippen molar-refractivity contribution in [2.75, 3.05) is 68.1 Å². The zero-order valence-electron chi connectivity index (χ0n) is 15.9. The van der Waals surface area contributed by atoms with Crippen molar-refractivity contribution in [3.05, 3.63) is 0 Å². The monoisotopic (exact) mass is 336 g/mol. The third kappa shape index (κ3) is 11.0. The first-order valence-electron chi connectivity index (χ1n) is 8.07. The van der Waals surface area contributed by atoms with Crippen LogP contribution in [-0.4, -0.2) is 80.3 Å². The summed E-state index contributed by atoms with van der Waals surface area (Å²) in [4.78, 5) is 0. The average molecular weight is 336 g/mol. The lowest BCUT2D eigenvalue weighted by Gasteiger charge is -2.33. The van der Waals surface area contributed by atoms with Gasteiger partial charge in [0.05, 0.1) is 39.6 Å². The highest BCUT2D eigenvalue weighted by Gasteiger charge is 2.27. The quantitative estimate of drug-likeness (QED) is 0.484. The summed E-state index contributed by atoms with van der Waals surface area (Å²) in [5, 5.41) is 0. The SMILES string of the molecule is COCC(COC)OCC(COC(COC)COC)C(C)(C)C. The first kappa shape index (κ1) is 22.8. The van der Waals surface area contributed by atoms with E-state index in [0.29, 0.717) is 39.6 Å². The second kappa shape index (κ2) is 13.1. The van der Waals surface area contributed by atoms with Crippen LogP contribution in [0.4, 0.5) is 0 Å². The molecule has 0 aromatic carbocycles. The fraction of sp³-hybridized carbons (Fsp3) is 1.00. The van der Waals surface area contributed by atoms with Crippen LogP contribution in [0.2, 0.25) is 0 Å². The lowest BCUT2D eigenvalue weighted by Crippen LogP contribution is -2.36. The van der Waals surface area contributed by atoms with Crippen molar-refractivity contribution in [3.63, 3.8) is 0 Å². The Hall–Kier alpha value is -0.240. The summed E-state index contributed by atoms with van der Waals surface area (Å²) in [7, 11) is 6.65. The van der Waals surface area contributed by atoms with Gasteiger partial charge in [0.15, 0.2) is 0 Å². The van der Waals surface area contributed by atoms with Crippen molar-refractivity contribution in [2.45, 2.75) is 33.0 Å². The highest BCUT2D eigenvalue weighted by Crippen LogP contribution is 2.27. The van der Waals surface area contributed by atoms with Crippen molar-refractivity contribution < 1.29 is 28.4 Å². The van der Waals surface area contributed by atoms with Crippen LogP contribution in [0.5, 0.6) is 0 Å². The van der Waals surface area contributed by atoms with Gasteiger partial charge in [0.1, 0.15) is 12.2 Å². The maximum atomic E-state index is 5.97. The molecule has 0 aromatic rings. The number of ether oxygens (including phenoxy) is 6. The third-order valence-corrected chi connectivity index (χ3v) is 3.70. The van der Waals surface area contributed by atoms with Crippen LogP contribution in [0, 0.1) is 11.3 Å². The molecule has 23 heavy (non-hydrogen) atoms. The maximum Gasteiger partial charge on any atom is 0.104 e. The topological polar surface area (TPSA) is 55.4 Å². The molecule has 0 aliphatic rings. The highest BCUT2D eigenvalue weighted by atomic mass is 16.6. The van der Waals surface area contributed by atoms with Gasteiger partial charge in [0, 0.05) is 34.4 Å². The van der Waals surface area contributed by atoms with Crippen LogP contribution >= 0.6 is 0 Å². The van der Waals surface area contributed by atoms with Gasteiger partial charge in [-0.2, -0.15) is 0 Å². The van der Waals surface area contributed by atoms with Crippen LogP contribution in [0.15, 0.2) is 0 Å². The fourth-order valence-electron chi connectivity index (χ4n) is 2.08. The van der Waals surface area contributed by atoms with Crippen molar-refractivity contribution >= 4 is 0 Å². The molecule has 0 unspecified atom stereocenters. The molecule has 0 bridgehead atoms. The minimum atomic E-state index is -0.0661. The number of hydrogen-bond donors (Lipinski definition) is 0. The third-order valence-electron chi connectivity index (χ3n) is 3.70. The molecule has 6 nitrogen and oxygen atoms in total. The zero-order chi connectivity index (χ0) is 17.7. The van der Waals surface area contributed by atoms with Gasteiger partial charge in [-0.15, -0.1) is 0 Å². The van der Waals surface area contributed by atoms with E-state index in [2.05, 4.69) is 20.8 Å². The van der Waals surface area contributed by atoms with Gasteiger partial charge in [0.25, 0.3) is 0 Å². The van der Waals surface area contributed by atoms with E-state index in [1.807, 2.05) is 0 Å². The van der Waals surface area contributed by atoms with Gasteiger partial charge >= 0.3 is 0 Å². The summed E-state index contributed by atoms with van der Waals surface area (Å²) in [6, 6.07) is 0. The molecule has 0 aromatic heterocycles. The molecular weight excluding hydrogens is 300 g/mol. The molecule has 0 N–H and O–H groups in total. The molecular formula is C17H36O6. The Bertz CT molecular complexity index is 234. The predicted octanol–water partition coefficient (Wildman–Crippen LogP) is 2.00. The predicted molar refractivity (Wildman–Crippen MR) is 89.9 cm³/mol. The largest absolute Gasteiger partial charge is 0.382 e. The Morgan fingerprint density at radius 3 is 1.09 bits per heavy atom. The van der Waals surface area contributed by atoms with E-state index in [1.165, 1.54) is 0 Å². The standard InChI is InChI=1S/C17H36O6/c1-17(2,3)14(8-22-15(10-18-4)11-19-5)9-23-16(12-20-6)13-21-7/h14-16H,8-13H2,1-7H3. The molecule has 0 aliphatic carbocycles. The van der Waals surface area contributed by atoms with E-state index >= 15 is 0 Å². The van der Waals surface area contributed by atoms with Gasteiger partial charge in [-0.3, -0.25) is 0 Å². The van der Waals surface area contributed by atoms with Gasteiger partial charge in [0.2, 0.25) is 0 Å². The molecule has 0 rings (SSSR count). The molecule has 0 saturated heterocycles. The Morgan fingerprint density at radius 1 is 0.565 bits per heavy atom. The van der Waals surface area contributed by atoms with Crippen LogP contribution < -0.4 is 0 Å². The van der Waals surface area contributed by atoms with Crippen LogP contribution in [0.1, 0.15) is 20.8 Å². The molecule has 0 heterocycles. The summed E-state index contributed by atoms with van der Waals surface area (Å²) in [5.74, 6) is 0.245. The Balaban J connectivity index is 4.51. The maximum absolute atomic E-state index is 5.97. The minimum Gasteiger partial charge on any atom is -0.382 e. The van der Waals surface area contributed by atoms with Gasteiger partial charge in [-0.25, -0.2) is 0 Å². The van der Waals surface area contributed by atoms with Crippen molar-refractivity contribution in [1.29, 1.82) is 0 Å². The first-order chi connectivity index (χ1) is 10.9. The van der Waals surface area contributed by atoms with E-state index < -0.39 is 0 Å².